The molecular formula is C15H17FN2. The molecule has 2 rings (SSSR count). The molecule has 3 heteroatoms. The predicted octanol–water partition coefficient (Wildman–Crippen LogP) is 3.23. The van der Waals surface area contributed by atoms with Crippen LogP contribution < -0.4 is 5.32 Å². The number of nitrogens with zero attached hydrogens (tertiary/aromatic N) is 1. The second-order valence-corrected chi connectivity index (χ2v) is 4.19. The molecule has 0 bridgehead atoms. The third kappa shape index (κ3) is 2.57. The molecule has 1 aromatic heterocycles. The van der Waals surface area contributed by atoms with Crippen LogP contribution in [0.25, 0.3) is 0 Å². The van der Waals surface area contributed by atoms with Gasteiger partial charge in [-0.1, -0.05) is 31.2 Å². The molecule has 1 heterocycles. The molecule has 1 unspecified atom stereocenters. The van der Waals surface area contributed by atoms with E-state index >= 15 is 0 Å². The van der Waals surface area contributed by atoms with E-state index in [4.69, 9.17) is 0 Å². The first-order valence-corrected chi connectivity index (χ1v) is 6.13. The first-order chi connectivity index (χ1) is 8.74. The zero-order valence-corrected chi connectivity index (χ0v) is 10.7. The normalized spacial score (nSPS) is 12.4. The van der Waals surface area contributed by atoms with Crippen molar-refractivity contribution in [1.29, 1.82) is 0 Å². The highest BCUT2D eigenvalue weighted by atomic mass is 19.1. The Kier molecular flexibility index (Phi) is 4.05. The molecule has 0 radical (unpaired) electrons. The first-order valence-electron chi connectivity index (χ1n) is 6.13. The van der Waals surface area contributed by atoms with Crippen molar-refractivity contribution in [3.05, 3.63) is 65.2 Å². The van der Waals surface area contributed by atoms with Crippen molar-refractivity contribution in [2.75, 3.05) is 6.54 Å². The van der Waals surface area contributed by atoms with Crippen LogP contribution in [0.1, 0.15) is 29.8 Å². The largest absolute Gasteiger partial charge is 0.306 e. The van der Waals surface area contributed by atoms with Crippen LogP contribution >= 0.6 is 0 Å². The van der Waals surface area contributed by atoms with Crippen molar-refractivity contribution >= 4 is 0 Å². The quantitative estimate of drug-likeness (QED) is 0.893. The van der Waals surface area contributed by atoms with E-state index < -0.39 is 0 Å². The van der Waals surface area contributed by atoms with Crippen molar-refractivity contribution < 1.29 is 4.39 Å². The van der Waals surface area contributed by atoms with Crippen molar-refractivity contribution in [3.63, 3.8) is 0 Å². The lowest BCUT2D eigenvalue weighted by Gasteiger charge is -2.20. The maximum atomic E-state index is 13.9. The monoisotopic (exact) mass is 244 g/mol. The molecule has 0 fully saturated rings. The number of halogens is 1. The molecule has 18 heavy (non-hydrogen) atoms. The van der Waals surface area contributed by atoms with Gasteiger partial charge < -0.3 is 5.32 Å². The molecule has 0 amide bonds. The third-order valence-electron chi connectivity index (χ3n) is 2.98. The highest BCUT2D eigenvalue weighted by Crippen LogP contribution is 2.25. The van der Waals surface area contributed by atoms with Gasteiger partial charge in [-0.2, -0.15) is 0 Å². The molecule has 0 aliphatic carbocycles. The predicted molar refractivity (Wildman–Crippen MR) is 70.9 cm³/mol. The molecule has 1 N–H and O–H groups in total. The second-order valence-electron chi connectivity index (χ2n) is 4.19. The number of aromatic nitrogens is 1. The summed E-state index contributed by atoms with van der Waals surface area (Å²) >= 11 is 0. The number of hydrogen-bond donors (Lipinski definition) is 1. The van der Waals surface area contributed by atoms with Gasteiger partial charge in [0.2, 0.25) is 0 Å². The van der Waals surface area contributed by atoms with E-state index in [2.05, 4.69) is 10.3 Å². The Hall–Kier alpha value is -1.74. The number of hydrogen-bond acceptors (Lipinski definition) is 2. The van der Waals surface area contributed by atoms with Gasteiger partial charge in [-0.25, -0.2) is 4.39 Å². The summed E-state index contributed by atoms with van der Waals surface area (Å²) in [6.45, 7) is 4.73. The summed E-state index contributed by atoms with van der Waals surface area (Å²) in [6, 6.07) is 10.6. The molecule has 2 nitrogen and oxygen atoms in total. The summed E-state index contributed by atoms with van der Waals surface area (Å²) < 4.78 is 13.9. The van der Waals surface area contributed by atoms with Gasteiger partial charge in [0.25, 0.3) is 0 Å². The van der Waals surface area contributed by atoms with E-state index in [1.807, 2.05) is 38.1 Å². The van der Waals surface area contributed by atoms with Crippen LogP contribution in [0.15, 0.2) is 42.6 Å². The number of aryl methyl sites for hydroxylation is 1. The van der Waals surface area contributed by atoms with Crippen LogP contribution in [0.2, 0.25) is 0 Å². The van der Waals surface area contributed by atoms with E-state index in [0.29, 0.717) is 5.56 Å². The first kappa shape index (κ1) is 12.7. The SMILES string of the molecule is CCNC(c1ccccc1F)c1cccnc1C. The van der Waals surface area contributed by atoms with Crippen LogP contribution in [-0.2, 0) is 0 Å². The molecule has 0 aliphatic rings. The van der Waals surface area contributed by atoms with E-state index in [0.717, 1.165) is 17.8 Å². The number of pyridine rings is 1. The Morgan fingerprint density at radius 3 is 2.56 bits per heavy atom. The summed E-state index contributed by atoms with van der Waals surface area (Å²) in [4.78, 5) is 4.27. The summed E-state index contributed by atoms with van der Waals surface area (Å²) in [5, 5.41) is 3.32. The van der Waals surface area contributed by atoms with Gasteiger partial charge in [-0.3, -0.25) is 4.98 Å². The number of benzene rings is 1. The van der Waals surface area contributed by atoms with Crippen molar-refractivity contribution in [2.24, 2.45) is 0 Å². The lowest BCUT2D eigenvalue weighted by Crippen LogP contribution is -2.24. The van der Waals surface area contributed by atoms with Gasteiger partial charge in [-0.05, 0) is 31.2 Å². The van der Waals surface area contributed by atoms with Crippen molar-refractivity contribution in [2.45, 2.75) is 19.9 Å². The smallest absolute Gasteiger partial charge is 0.128 e. The fourth-order valence-corrected chi connectivity index (χ4v) is 2.10. The standard InChI is InChI=1S/C15H17FN2/c1-3-17-15(12-8-6-10-18-11(12)2)13-7-4-5-9-14(13)16/h4-10,15,17H,3H2,1-2H3. The van der Waals surface area contributed by atoms with Gasteiger partial charge in [0.1, 0.15) is 5.82 Å². The Bertz CT molecular complexity index is 480. The summed E-state index contributed by atoms with van der Waals surface area (Å²) in [5.41, 5.74) is 2.60. The maximum absolute atomic E-state index is 13.9. The Balaban J connectivity index is 2.47. The average Bonchev–Trinajstić information content (AvgIpc) is 2.38. The molecule has 0 aliphatic heterocycles. The Morgan fingerprint density at radius 2 is 1.89 bits per heavy atom. The molecule has 0 saturated carbocycles. The van der Waals surface area contributed by atoms with Gasteiger partial charge in [0.15, 0.2) is 0 Å². The van der Waals surface area contributed by atoms with Crippen LogP contribution in [0, 0.1) is 12.7 Å². The van der Waals surface area contributed by atoms with Gasteiger partial charge in [-0.15, -0.1) is 0 Å². The zero-order chi connectivity index (χ0) is 13.0. The van der Waals surface area contributed by atoms with Gasteiger partial charge >= 0.3 is 0 Å². The molecule has 1 aromatic carbocycles. The van der Waals surface area contributed by atoms with E-state index in [9.17, 15) is 4.39 Å². The van der Waals surface area contributed by atoms with Crippen molar-refractivity contribution in [1.82, 2.24) is 10.3 Å². The number of nitrogens with one attached hydrogen (secondary N) is 1. The Labute approximate surface area is 107 Å². The molecule has 94 valence electrons. The van der Waals surface area contributed by atoms with E-state index in [-0.39, 0.29) is 11.9 Å². The zero-order valence-electron chi connectivity index (χ0n) is 10.7. The van der Waals surface area contributed by atoms with E-state index in [1.54, 1.807) is 12.3 Å². The minimum atomic E-state index is -0.188. The molecule has 0 saturated heterocycles. The van der Waals surface area contributed by atoms with Crippen molar-refractivity contribution in [3.8, 4) is 0 Å². The molecule has 1 atom stereocenters. The highest BCUT2D eigenvalue weighted by Gasteiger charge is 2.18. The molecular weight excluding hydrogens is 227 g/mol. The third-order valence-corrected chi connectivity index (χ3v) is 2.98. The van der Waals surface area contributed by atoms with E-state index in [1.165, 1.54) is 6.07 Å². The van der Waals surface area contributed by atoms with Gasteiger partial charge in [0.05, 0.1) is 6.04 Å². The maximum Gasteiger partial charge on any atom is 0.128 e. The molecule has 2 aromatic rings. The Morgan fingerprint density at radius 1 is 1.17 bits per heavy atom. The minimum absolute atomic E-state index is 0.148. The highest BCUT2D eigenvalue weighted by molar-refractivity contribution is 5.34. The summed E-state index contributed by atoms with van der Waals surface area (Å²) in [6.07, 6.45) is 1.75. The lowest BCUT2D eigenvalue weighted by molar-refractivity contribution is 0.556. The molecule has 0 spiro atoms. The van der Waals surface area contributed by atoms with Crippen LogP contribution in [0.5, 0.6) is 0 Å². The average molecular weight is 244 g/mol. The van der Waals surface area contributed by atoms with Gasteiger partial charge in [0, 0.05) is 17.5 Å². The summed E-state index contributed by atoms with van der Waals surface area (Å²) in [5.74, 6) is -0.188. The summed E-state index contributed by atoms with van der Waals surface area (Å²) in [7, 11) is 0. The number of rotatable bonds is 4. The minimum Gasteiger partial charge on any atom is -0.306 e. The van der Waals surface area contributed by atoms with Crippen LogP contribution in [0.4, 0.5) is 4.39 Å². The fraction of sp³-hybridized carbons (Fsp3) is 0.267. The van der Waals surface area contributed by atoms with Crippen LogP contribution in [0.3, 0.4) is 0 Å². The van der Waals surface area contributed by atoms with Crippen LogP contribution in [-0.4, -0.2) is 11.5 Å². The fourth-order valence-electron chi connectivity index (χ4n) is 2.10. The second kappa shape index (κ2) is 5.74. The topological polar surface area (TPSA) is 24.9 Å². The lowest BCUT2D eigenvalue weighted by atomic mass is 9.97.